The van der Waals surface area contributed by atoms with E-state index in [4.69, 9.17) is 4.74 Å². The molecule has 0 aromatic carbocycles. The van der Waals surface area contributed by atoms with Crippen LogP contribution in [0.25, 0.3) is 0 Å². The number of aromatic nitrogens is 1. The molecule has 0 radical (unpaired) electrons. The van der Waals surface area contributed by atoms with Crippen molar-refractivity contribution in [2.75, 3.05) is 6.54 Å². The Morgan fingerprint density at radius 3 is 2.95 bits per heavy atom. The molecule has 4 heteroatoms. The maximum absolute atomic E-state index is 12.2. The average Bonchev–Trinajstić information content (AvgIpc) is 2.96. The third-order valence-electron chi connectivity index (χ3n) is 4.18. The lowest BCUT2D eigenvalue weighted by Gasteiger charge is -2.28. The molecule has 2 bridgehead atoms. The molecule has 0 N–H and O–H groups in total. The summed E-state index contributed by atoms with van der Waals surface area (Å²) in [6.45, 7) is 4.77. The van der Waals surface area contributed by atoms with E-state index in [1.54, 1.807) is 6.20 Å². The van der Waals surface area contributed by atoms with Gasteiger partial charge >= 0.3 is 0 Å². The highest BCUT2D eigenvalue weighted by Gasteiger charge is 2.50. The Kier molecular flexibility index (Phi) is 3.17. The highest BCUT2D eigenvalue weighted by molar-refractivity contribution is 5.79. The van der Waals surface area contributed by atoms with Crippen molar-refractivity contribution in [2.24, 2.45) is 11.8 Å². The summed E-state index contributed by atoms with van der Waals surface area (Å²) in [7, 11) is 0. The number of ether oxygens (including phenoxy) is 1. The van der Waals surface area contributed by atoms with Crippen LogP contribution in [0.4, 0.5) is 0 Å². The van der Waals surface area contributed by atoms with Gasteiger partial charge in [-0.15, -0.1) is 0 Å². The fourth-order valence-electron chi connectivity index (χ4n) is 3.26. The van der Waals surface area contributed by atoms with Gasteiger partial charge in [0.15, 0.2) is 0 Å². The first-order valence-corrected chi connectivity index (χ1v) is 7.05. The summed E-state index contributed by atoms with van der Waals surface area (Å²) < 4.78 is 6.02. The summed E-state index contributed by atoms with van der Waals surface area (Å²) in [5.74, 6) is 1.45. The molecule has 1 aliphatic carbocycles. The summed E-state index contributed by atoms with van der Waals surface area (Å²) >= 11 is 0. The van der Waals surface area contributed by atoms with Gasteiger partial charge in [-0.25, -0.2) is 4.98 Å². The maximum Gasteiger partial charge on any atom is 0.225 e. The van der Waals surface area contributed by atoms with Crippen LogP contribution in [0.1, 0.15) is 26.7 Å². The van der Waals surface area contributed by atoms with Crippen molar-refractivity contribution in [3.05, 3.63) is 24.4 Å². The molecule has 3 atom stereocenters. The number of rotatable bonds is 3. The molecule has 3 rings (SSSR count). The summed E-state index contributed by atoms with van der Waals surface area (Å²) in [5.41, 5.74) is 0. The van der Waals surface area contributed by atoms with E-state index in [0.29, 0.717) is 11.8 Å². The van der Waals surface area contributed by atoms with Crippen molar-refractivity contribution in [2.45, 2.75) is 38.8 Å². The van der Waals surface area contributed by atoms with E-state index in [0.717, 1.165) is 19.4 Å². The molecule has 19 heavy (non-hydrogen) atoms. The molecular formula is C15H20N2O2. The van der Waals surface area contributed by atoms with E-state index >= 15 is 0 Å². The second-order valence-electron chi connectivity index (χ2n) is 5.80. The molecule has 1 saturated heterocycles. The van der Waals surface area contributed by atoms with Crippen LogP contribution >= 0.6 is 0 Å². The zero-order valence-corrected chi connectivity index (χ0v) is 11.5. The second-order valence-corrected chi connectivity index (χ2v) is 5.80. The minimum atomic E-state index is 0.0647. The number of carbonyl (C=O) groups is 1. The molecule has 0 spiro atoms. The zero-order valence-electron chi connectivity index (χ0n) is 11.5. The van der Waals surface area contributed by atoms with Crippen LogP contribution in [-0.4, -0.2) is 34.5 Å². The third-order valence-corrected chi connectivity index (χ3v) is 4.18. The number of fused-ring (bicyclic) bond motifs is 2. The van der Waals surface area contributed by atoms with Gasteiger partial charge in [0.25, 0.3) is 0 Å². The summed E-state index contributed by atoms with van der Waals surface area (Å²) in [5, 5.41) is 0. The number of hydrogen-bond donors (Lipinski definition) is 0. The van der Waals surface area contributed by atoms with Gasteiger partial charge in [-0.2, -0.15) is 0 Å². The van der Waals surface area contributed by atoms with Gasteiger partial charge in [0.2, 0.25) is 11.8 Å². The van der Waals surface area contributed by atoms with Crippen LogP contribution in [0.3, 0.4) is 0 Å². The minimum absolute atomic E-state index is 0.0647. The van der Waals surface area contributed by atoms with Crippen molar-refractivity contribution in [3.63, 3.8) is 0 Å². The van der Waals surface area contributed by atoms with Gasteiger partial charge < -0.3 is 9.64 Å². The first-order chi connectivity index (χ1) is 9.16. The third kappa shape index (κ3) is 2.20. The molecule has 2 aliphatic rings. The van der Waals surface area contributed by atoms with Gasteiger partial charge in [-0.3, -0.25) is 4.79 Å². The highest BCUT2D eigenvalue weighted by atomic mass is 16.5. The molecule has 1 amide bonds. The van der Waals surface area contributed by atoms with Crippen LogP contribution < -0.4 is 4.74 Å². The number of carbonyl (C=O) groups excluding carboxylic acids is 1. The molecule has 1 saturated carbocycles. The molecule has 2 heterocycles. The monoisotopic (exact) mass is 260 g/mol. The Hall–Kier alpha value is -1.58. The molecular weight excluding hydrogens is 240 g/mol. The lowest BCUT2D eigenvalue weighted by atomic mass is 10.1. The largest absolute Gasteiger partial charge is 0.472 e. The average molecular weight is 260 g/mol. The number of amides is 1. The topological polar surface area (TPSA) is 42.4 Å². The summed E-state index contributed by atoms with van der Waals surface area (Å²) in [6.07, 6.45) is 4.08. The number of likely N-dealkylation sites (tertiary alicyclic amines) is 1. The Morgan fingerprint density at radius 1 is 1.42 bits per heavy atom. The molecule has 0 unspecified atom stereocenters. The molecule has 2 fully saturated rings. The summed E-state index contributed by atoms with van der Waals surface area (Å²) in [4.78, 5) is 18.4. The van der Waals surface area contributed by atoms with Gasteiger partial charge in [-0.1, -0.05) is 19.9 Å². The molecule has 1 aliphatic heterocycles. The van der Waals surface area contributed by atoms with Crippen LogP contribution in [-0.2, 0) is 4.79 Å². The van der Waals surface area contributed by atoms with E-state index in [1.165, 1.54) is 0 Å². The van der Waals surface area contributed by atoms with Crippen molar-refractivity contribution in [1.29, 1.82) is 0 Å². The highest BCUT2D eigenvalue weighted by Crippen LogP contribution is 2.40. The fraction of sp³-hybridized carbons (Fsp3) is 0.600. The number of piperidine rings is 1. The van der Waals surface area contributed by atoms with Crippen molar-refractivity contribution < 1.29 is 9.53 Å². The predicted molar refractivity (Wildman–Crippen MR) is 71.7 cm³/mol. The molecule has 4 nitrogen and oxygen atoms in total. The fourth-order valence-corrected chi connectivity index (χ4v) is 3.26. The van der Waals surface area contributed by atoms with Crippen LogP contribution in [0.2, 0.25) is 0 Å². The Morgan fingerprint density at radius 2 is 2.26 bits per heavy atom. The van der Waals surface area contributed by atoms with E-state index < -0.39 is 0 Å². The normalized spacial score (nSPS) is 29.0. The molecule has 102 valence electrons. The first kappa shape index (κ1) is 12.5. The lowest BCUT2D eigenvalue weighted by Crippen LogP contribution is -2.42. The lowest BCUT2D eigenvalue weighted by molar-refractivity contribution is -0.136. The van der Waals surface area contributed by atoms with Crippen LogP contribution in [0.15, 0.2) is 24.4 Å². The van der Waals surface area contributed by atoms with Gasteiger partial charge in [-0.05, 0) is 18.9 Å². The Labute approximate surface area is 113 Å². The van der Waals surface area contributed by atoms with Crippen molar-refractivity contribution in [1.82, 2.24) is 9.88 Å². The van der Waals surface area contributed by atoms with Gasteiger partial charge in [0.1, 0.15) is 6.10 Å². The smallest absolute Gasteiger partial charge is 0.225 e. The minimum Gasteiger partial charge on any atom is -0.472 e. The van der Waals surface area contributed by atoms with E-state index in [1.807, 2.05) is 36.9 Å². The molecule has 1 aromatic rings. The number of pyridine rings is 1. The number of nitrogens with zero attached hydrogens (tertiary/aromatic N) is 2. The van der Waals surface area contributed by atoms with Gasteiger partial charge in [0.05, 0.1) is 6.04 Å². The standard InChI is InChI=1S/C15H20N2O2/c1-10(2)15(18)17-9-11-6-7-12(17)14(11)19-13-5-3-4-8-16-13/h3-5,8,10-12,14H,6-7,9H2,1-2H3/t11-,12+,14-/m1/s1. The predicted octanol–water partition coefficient (Wildman–Crippen LogP) is 2.11. The van der Waals surface area contributed by atoms with Crippen LogP contribution in [0, 0.1) is 11.8 Å². The SMILES string of the molecule is CC(C)C(=O)N1C[C@H]2CC[C@H]1[C@@H]2Oc1ccccn1. The van der Waals surface area contributed by atoms with Crippen molar-refractivity contribution >= 4 is 5.91 Å². The zero-order chi connectivity index (χ0) is 13.4. The van der Waals surface area contributed by atoms with Crippen LogP contribution in [0.5, 0.6) is 5.88 Å². The van der Waals surface area contributed by atoms with Gasteiger partial charge in [0, 0.05) is 30.6 Å². The Bertz CT molecular complexity index is 460. The second kappa shape index (κ2) is 4.83. The summed E-state index contributed by atoms with van der Waals surface area (Å²) in [6, 6.07) is 5.93. The molecule has 1 aromatic heterocycles. The van der Waals surface area contributed by atoms with Crippen molar-refractivity contribution in [3.8, 4) is 5.88 Å². The van der Waals surface area contributed by atoms with E-state index in [-0.39, 0.29) is 24.0 Å². The Balaban J connectivity index is 1.73. The maximum atomic E-state index is 12.2. The van der Waals surface area contributed by atoms with E-state index in [9.17, 15) is 4.79 Å². The van der Waals surface area contributed by atoms with E-state index in [2.05, 4.69) is 4.98 Å². The first-order valence-electron chi connectivity index (χ1n) is 7.05. The number of hydrogen-bond acceptors (Lipinski definition) is 3. The quantitative estimate of drug-likeness (QED) is 0.836.